The molecule has 2 atom stereocenters. The van der Waals surface area contributed by atoms with Gasteiger partial charge in [0.15, 0.2) is 0 Å². The summed E-state index contributed by atoms with van der Waals surface area (Å²) in [6.45, 7) is 2.10. The molecule has 0 N–H and O–H groups in total. The van der Waals surface area contributed by atoms with E-state index >= 15 is 0 Å². The molecule has 0 aliphatic carbocycles. The maximum absolute atomic E-state index is 12.7. The van der Waals surface area contributed by atoms with Crippen LogP contribution in [0.15, 0.2) is 24.3 Å². The molecule has 3 heteroatoms. The average molecular weight is 273 g/mol. The van der Waals surface area contributed by atoms with Crippen molar-refractivity contribution in [3.05, 3.63) is 35.6 Å². The maximum atomic E-state index is 12.7. The third-order valence-corrected chi connectivity index (χ3v) is 4.07. The van der Waals surface area contributed by atoms with Gasteiger partial charge in [-0.3, -0.25) is 0 Å². The van der Waals surface area contributed by atoms with Crippen LogP contribution in [0.1, 0.15) is 31.4 Å². The summed E-state index contributed by atoms with van der Waals surface area (Å²) in [5.74, 6) is -0.194. The van der Waals surface area contributed by atoms with E-state index in [1.54, 1.807) is 12.1 Å². The van der Waals surface area contributed by atoms with Crippen molar-refractivity contribution in [2.75, 3.05) is 5.33 Å². The Labute approximate surface area is 97.8 Å². The van der Waals surface area contributed by atoms with Crippen LogP contribution in [-0.2, 0) is 4.74 Å². The van der Waals surface area contributed by atoms with Crippen LogP contribution in [-0.4, -0.2) is 10.9 Å². The van der Waals surface area contributed by atoms with Crippen molar-refractivity contribution >= 4 is 15.9 Å². The van der Waals surface area contributed by atoms with Crippen LogP contribution in [0.4, 0.5) is 4.39 Å². The fourth-order valence-corrected chi connectivity index (χ4v) is 2.32. The van der Waals surface area contributed by atoms with Crippen LogP contribution in [0.25, 0.3) is 0 Å². The molecule has 1 fully saturated rings. The van der Waals surface area contributed by atoms with Gasteiger partial charge in [0.25, 0.3) is 0 Å². The first-order valence-corrected chi connectivity index (χ1v) is 6.24. The van der Waals surface area contributed by atoms with Crippen LogP contribution in [0.3, 0.4) is 0 Å². The molecule has 2 rings (SSSR count). The summed E-state index contributed by atoms with van der Waals surface area (Å²) in [6, 6.07) is 6.59. The van der Waals surface area contributed by atoms with E-state index in [1.807, 2.05) is 0 Å². The lowest BCUT2D eigenvalue weighted by atomic mass is 10.0. The number of hydrogen-bond acceptors (Lipinski definition) is 1. The van der Waals surface area contributed by atoms with Crippen LogP contribution < -0.4 is 0 Å². The molecule has 0 aromatic heterocycles. The van der Waals surface area contributed by atoms with Gasteiger partial charge in [-0.1, -0.05) is 28.1 Å². The summed E-state index contributed by atoms with van der Waals surface area (Å²) in [5, 5.41) is 0.845. The molecule has 0 amide bonds. The molecular weight excluding hydrogens is 259 g/mol. The predicted octanol–water partition coefficient (Wildman–Crippen LogP) is 3.83. The number of hydrogen-bond donors (Lipinski definition) is 0. The molecule has 1 aliphatic heterocycles. The Balaban J connectivity index is 2.11. The number of rotatable bonds is 2. The molecule has 15 heavy (non-hydrogen) atoms. The molecular formula is C12H14BrFO. The third-order valence-electron chi connectivity index (χ3n) is 2.89. The van der Waals surface area contributed by atoms with Gasteiger partial charge in [0.2, 0.25) is 0 Å². The lowest BCUT2D eigenvalue weighted by molar-refractivity contribution is -0.0121. The van der Waals surface area contributed by atoms with Gasteiger partial charge >= 0.3 is 0 Å². The summed E-state index contributed by atoms with van der Waals surface area (Å²) in [5.41, 5.74) is 1.00. The number of benzene rings is 1. The van der Waals surface area contributed by atoms with Gasteiger partial charge in [0.1, 0.15) is 5.82 Å². The Bertz CT molecular complexity index is 338. The van der Waals surface area contributed by atoms with E-state index in [2.05, 4.69) is 22.9 Å². The summed E-state index contributed by atoms with van der Waals surface area (Å²) >= 11 is 3.46. The molecule has 82 valence electrons. The second-order valence-electron chi connectivity index (χ2n) is 4.28. The third kappa shape index (κ3) is 2.40. The van der Waals surface area contributed by atoms with E-state index in [9.17, 15) is 4.39 Å². The monoisotopic (exact) mass is 272 g/mol. The highest BCUT2D eigenvalue weighted by molar-refractivity contribution is 9.09. The minimum absolute atomic E-state index is 0.0704. The van der Waals surface area contributed by atoms with E-state index in [1.165, 1.54) is 12.1 Å². The lowest BCUT2D eigenvalue weighted by Crippen LogP contribution is -2.24. The highest BCUT2D eigenvalue weighted by Gasteiger charge is 2.35. The molecule has 0 bridgehead atoms. The van der Waals surface area contributed by atoms with Crippen LogP contribution in [0.2, 0.25) is 0 Å². The van der Waals surface area contributed by atoms with Crippen LogP contribution in [0, 0.1) is 5.82 Å². The average Bonchev–Trinajstić information content (AvgIpc) is 2.63. The van der Waals surface area contributed by atoms with Crippen molar-refractivity contribution in [2.24, 2.45) is 0 Å². The predicted molar refractivity (Wildman–Crippen MR) is 61.7 cm³/mol. The Morgan fingerprint density at radius 1 is 1.47 bits per heavy atom. The van der Waals surface area contributed by atoms with E-state index in [0.29, 0.717) is 0 Å². The zero-order valence-electron chi connectivity index (χ0n) is 8.67. The number of ether oxygens (including phenoxy) is 1. The molecule has 1 aromatic carbocycles. The van der Waals surface area contributed by atoms with Gasteiger partial charge in [0, 0.05) is 5.33 Å². The molecule has 0 saturated carbocycles. The molecule has 0 spiro atoms. The second-order valence-corrected chi connectivity index (χ2v) is 4.84. The first-order chi connectivity index (χ1) is 7.13. The minimum Gasteiger partial charge on any atom is -0.366 e. The minimum atomic E-state index is -0.194. The van der Waals surface area contributed by atoms with Crippen molar-refractivity contribution in [1.29, 1.82) is 0 Å². The fourth-order valence-electron chi connectivity index (χ4n) is 1.91. The van der Waals surface area contributed by atoms with Crippen LogP contribution >= 0.6 is 15.9 Å². The van der Waals surface area contributed by atoms with E-state index < -0.39 is 0 Å². The second kappa shape index (κ2) is 4.22. The molecule has 1 nitrogen and oxygen atoms in total. The standard InChI is InChI=1S/C12H14BrFO/c1-12(8-13)7-6-11(15-12)9-2-4-10(14)5-3-9/h2-5,11H,6-8H2,1H3. The van der Waals surface area contributed by atoms with Gasteiger partial charge in [-0.25, -0.2) is 4.39 Å². The van der Waals surface area contributed by atoms with Crippen molar-refractivity contribution in [1.82, 2.24) is 0 Å². The topological polar surface area (TPSA) is 9.23 Å². The van der Waals surface area contributed by atoms with Crippen molar-refractivity contribution in [3.8, 4) is 0 Å². The Morgan fingerprint density at radius 3 is 2.67 bits per heavy atom. The normalized spacial score (nSPS) is 30.7. The lowest BCUT2D eigenvalue weighted by Gasteiger charge is -2.22. The molecule has 1 heterocycles. The van der Waals surface area contributed by atoms with Crippen molar-refractivity contribution in [3.63, 3.8) is 0 Å². The van der Waals surface area contributed by atoms with Gasteiger partial charge in [0.05, 0.1) is 11.7 Å². The molecule has 1 aromatic rings. The summed E-state index contributed by atoms with van der Waals surface area (Å²) < 4.78 is 18.7. The van der Waals surface area contributed by atoms with Gasteiger partial charge < -0.3 is 4.74 Å². The van der Waals surface area contributed by atoms with Gasteiger partial charge in [-0.2, -0.15) is 0 Å². The molecule has 1 saturated heterocycles. The van der Waals surface area contributed by atoms with Crippen molar-refractivity contribution < 1.29 is 9.13 Å². The fraction of sp³-hybridized carbons (Fsp3) is 0.500. The van der Waals surface area contributed by atoms with Gasteiger partial charge in [-0.15, -0.1) is 0 Å². The van der Waals surface area contributed by atoms with E-state index in [-0.39, 0.29) is 17.5 Å². The first-order valence-electron chi connectivity index (χ1n) is 5.12. The van der Waals surface area contributed by atoms with E-state index in [4.69, 9.17) is 4.74 Å². The highest BCUT2D eigenvalue weighted by Crippen LogP contribution is 2.40. The Morgan fingerprint density at radius 2 is 2.13 bits per heavy atom. The SMILES string of the molecule is CC1(CBr)CCC(c2ccc(F)cc2)O1. The number of alkyl halides is 1. The zero-order valence-corrected chi connectivity index (χ0v) is 10.3. The summed E-state index contributed by atoms with van der Waals surface area (Å²) in [4.78, 5) is 0. The Hall–Kier alpha value is -0.410. The molecule has 2 unspecified atom stereocenters. The summed E-state index contributed by atoms with van der Waals surface area (Å²) in [6.07, 6.45) is 2.17. The number of halogens is 2. The first kappa shape index (κ1) is 11.1. The maximum Gasteiger partial charge on any atom is 0.123 e. The zero-order chi connectivity index (χ0) is 10.9. The van der Waals surface area contributed by atoms with Crippen molar-refractivity contribution in [2.45, 2.75) is 31.5 Å². The largest absolute Gasteiger partial charge is 0.366 e. The van der Waals surface area contributed by atoms with E-state index in [0.717, 1.165) is 23.7 Å². The van der Waals surface area contributed by atoms with Crippen LogP contribution in [0.5, 0.6) is 0 Å². The smallest absolute Gasteiger partial charge is 0.123 e. The molecule has 0 radical (unpaired) electrons. The summed E-state index contributed by atoms with van der Waals surface area (Å²) in [7, 11) is 0. The quantitative estimate of drug-likeness (QED) is 0.744. The van der Waals surface area contributed by atoms with Gasteiger partial charge in [-0.05, 0) is 37.5 Å². The Kier molecular flexibility index (Phi) is 3.12. The highest BCUT2D eigenvalue weighted by atomic mass is 79.9. The molecule has 1 aliphatic rings.